The molecule has 0 aliphatic heterocycles. The summed E-state index contributed by atoms with van der Waals surface area (Å²) in [4.78, 5) is 11.4. The Labute approximate surface area is 113 Å². The molecule has 1 aromatic rings. The van der Waals surface area contributed by atoms with Crippen molar-refractivity contribution in [2.75, 3.05) is 7.05 Å². The first kappa shape index (κ1) is 13.9. The molecule has 0 radical (unpaired) electrons. The molecule has 2 atom stereocenters. The normalized spacial score (nSPS) is 26.4. The third-order valence-corrected chi connectivity index (χ3v) is 4.21. The van der Waals surface area contributed by atoms with E-state index < -0.39 is 11.5 Å². The molecule has 0 amide bonds. The van der Waals surface area contributed by atoms with Gasteiger partial charge in [0, 0.05) is 6.42 Å². The summed E-state index contributed by atoms with van der Waals surface area (Å²) in [5, 5.41) is 12.3. The number of hydrogen-bond acceptors (Lipinski definition) is 3. The third-order valence-electron chi connectivity index (χ3n) is 4.21. The van der Waals surface area contributed by atoms with E-state index in [0.717, 1.165) is 17.7 Å². The number of carbonyl (C=O) groups is 1. The largest absolute Gasteiger partial charge is 0.490 e. The van der Waals surface area contributed by atoms with Crippen LogP contribution in [0.15, 0.2) is 18.2 Å². The number of ether oxygens (including phenoxy) is 1. The van der Waals surface area contributed by atoms with Crippen molar-refractivity contribution < 1.29 is 14.6 Å². The standard InChI is InChI=1S/C15H21NO3/c1-10-5-4-6-13(11(10)2)19-12-7-8-15(9-12,16-3)14(17)18/h4-6,12,16H,7-9H2,1-3H3,(H,17,18). The highest BCUT2D eigenvalue weighted by molar-refractivity contribution is 5.79. The molecule has 0 saturated heterocycles. The highest BCUT2D eigenvalue weighted by atomic mass is 16.5. The van der Waals surface area contributed by atoms with Crippen molar-refractivity contribution in [2.45, 2.75) is 44.8 Å². The maximum atomic E-state index is 11.4. The van der Waals surface area contributed by atoms with Gasteiger partial charge in [-0.15, -0.1) is 0 Å². The van der Waals surface area contributed by atoms with Crippen LogP contribution >= 0.6 is 0 Å². The highest BCUT2D eigenvalue weighted by Crippen LogP contribution is 2.34. The van der Waals surface area contributed by atoms with Crippen molar-refractivity contribution in [1.29, 1.82) is 0 Å². The van der Waals surface area contributed by atoms with E-state index in [9.17, 15) is 9.90 Å². The number of likely N-dealkylation sites (N-methyl/N-ethyl adjacent to an activating group) is 1. The van der Waals surface area contributed by atoms with Gasteiger partial charge in [0.25, 0.3) is 0 Å². The summed E-state index contributed by atoms with van der Waals surface area (Å²) in [7, 11) is 1.70. The van der Waals surface area contributed by atoms with E-state index in [1.807, 2.05) is 32.0 Å². The van der Waals surface area contributed by atoms with Gasteiger partial charge in [0.2, 0.25) is 0 Å². The number of carboxylic acids is 1. The molecule has 0 bridgehead atoms. The molecule has 2 unspecified atom stereocenters. The second kappa shape index (κ2) is 5.21. The van der Waals surface area contributed by atoms with Crippen LogP contribution in [-0.2, 0) is 4.79 Å². The quantitative estimate of drug-likeness (QED) is 0.875. The molecule has 2 N–H and O–H groups in total. The molecule has 1 aliphatic rings. The van der Waals surface area contributed by atoms with Gasteiger partial charge in [0.05, 0.1) is 0 Å². The molecule has 19 heavy (non-hydrogen) atoms. The summed E-state index contributed by atoms with van der Waals surface area (Å²) >= 11 is 0. The number of benzene rings is 1. The molecule has 1 fully saturated rings. The first-order valence-electron chi connectivity index (χ1n) is 6.64. The summed E-state index contributed by atoms with van der Waals surface area (Å²) in [5.74, 6) is 0.0735. The van der Waals surface area contributed by atoms with Crippen LogP contribution in [0.4, 0.5) is 0 Å². The lowest BCUT2D eigenvalue weighted by Gasteiger charge is -2.24. The van der Waals surface area contributed by atoms with Crippen LogP contribution in [0.1, 0.15) is 30.4 Å². The van der Waals surface area contributed by atoms with Gasteiger partial charge in [-0.1, -0.05) is 12.1 Å². The van der Waals surface area contributed by atoms with Crippen molar-refractivity contribution in [1.82, 2.24) is 5.32 Å². The number of aliphatic carboxylic acids is 1. The van der Waals surface area contributed by atoms with Crippen molar-refractivity contribution in [2.24, 2.45) is 0 Å². The molecular formula is C15H21NO3. The van der Waals surface area contributed by atoms with E-state index in [-0.39, 0.29) is 6.10 Å². The van der Waals surface area contributed by atoms with Gasteiger partial charge >= 0.3 is 5.97 Å². The van der Waals surface area contributed by atoms with Gasteiger partial charge in [-0.2, -0.15) is 0 Å². The first-order chi connectivity index (χ1) is 8.98. The Hall–Kier alpha value is -1.55. The van der Waals surface area contributed by atoms with Crippen LogP contribution in [0.3, 0.4) is 0 Å². The van der Waals surface area contributed by atoms with Crippen LogP contribution < -0.4 is 10.1 Å². The molecule has 4 nitrogen and oxygen atoms in total. The number of aryl methyl sites for hydroxylation is 1. The second-order valence-corrected chi connectivity index (χ2v) is 5.32. The molecule has 4 heteroatoms. The van der Waals surface area contributed by atoms with E-state index in [0.29, 0.717) is 12.8 Å². The fourth-order valence-electron chi connectivity index (χ4n) is 2.66. The molecular weight excluding hydrogens is 242 g/mol. The Kier molecular flexibility index (Phi) is 3.80. The topological polar surface area (TPSA) is 58.6 Å². The Morgan fingerprint density at radius 1 is 1.47 bits per heavy atom. The smallest absolute Gasteiger partial charge is 0.324 e. The first-order valence-corrected chi connectivity index (χ1v) is 6.64. The minimum atomic E-state index is -0.831. The van der Waals surface area contributed by atoms with E-state index >= 15 is 0 Å². The SMILES string of the molecule is CNC1(C(=O)O)CCC(Oc2cccc(C)c2C)C1. The van der Waals surface area contributed by atoms with E-state index in [2.05, 4.69) is 5.32 Å². The number of nitrogens with one attached hydrogen (secondary N) is 1. The molecule has 2 rings (SSSR count). The van der Waals surface area contributed by atoms with E-state index in [1.54, 1.807) is 7.05 Å². The molecule has 1 saturated carbocycles. The fourth-order valence-corrected chi connectivity index (χ4v) is 2.66. The van der Waals surface area contributed by atoms with Crippen molar-refractivity contribution in [3.63, 3.8) is 0 Å². The van der Waals surface area contributed by atoms with Crippen molar-refractivity contribution in [3.8, 4) is 5.75 Å². The number of hydrogen-bond donors (Lipinski definition) is 2. The Balaban J connectivity index is 2.10. The summed E-state index contributed by atoms with van der Waals surface area (Å²) in [6, 6.07) is 5.96. The van der Waals surface area contributed by atoms with Crippen LogP contribution in [0.2, 0.25) is 0 Å². The van der Waals surface area contributed by atoms with Gasteiger partial charge < -0.3 is 15.2 Å². The summed E-state index contributed by atoms with van der Waals surface area (Å²) in [6.45, 7) is 4.08. The summed E-state index contributed by atoms with van der Waals surface area (Å²) in [6.07, 6.45) is 1.84. The molecule has 0 heterocycles. The van der Waals surface area contributed by atoms with Crippen molar-refractivity contribution >= 4 is 5.97 Å². The average Bonchev–Trinajstić information content (AvgIpc) is 2.80. The molecule has 104 valence electrons. The van der Waals surface area contributed by atoms with E-state index in [1.165, 1.54) is 5.56 Å². The number of carboxylic acid groups (broad SMARTS) is 1. The van der Waals surface area contributed by atoms with Gasteiger partial charge in [0.15, 0.2) is 0 Å². The zero-order valence-electron chi connectivity index (χ0n) is 11.7. The minimum Gasteiger partial charge on any atom is -0.490 e. The molecule has 1 aliphatic carbocycles. The minimum absolute atomic E-state index is 0.0379. The molecule has 0 aromatic heterocycles. The maximum absolute atomic E-state index is 11.4. The summed E-state index contributed by atoms with van der Waals surface area (Å²) < 4.78 is 5.99. The fraction of sp³-hybridized carbons (Fsp3) is 0.533. The average molecular weight is 263 g/mol. The van der Waals surface area contributed by atoms with Crippen LogP contribution in [-0.4, -0.2) is 29.8 Å². The Morgan fingerprint density at radius 2 is 2.21 bits per heavy atom. The highest BCUT2D eigenvalue weighted by Gasteiger charge is 2.45. The zero-order valence-corrected chi connectivity index (χ0v) is 11.7. The monoisotopic (exact) mass is 263 g/mol. The predicted octanol–water partition coefficient (Wildman–Crippen LogP) is 2.28. The van der Waals surface area contributed by atoms with Gasteiger partial charge in [-0.05, 0) is 50.9 Å². The van der Waals surface area contributed by atoms with Crippen LogP contribution in [0.25, 0.3) is 0 Å². The third kappa shape index (κ3) is 2.59. The van der Waals surface area contributed by atoms with Gasteiger partial charge in [0.1, 0.15) is 17.4 Å². The van der Waals surface area contributed by atoms with Crippen molar-refractivity contribution in [3.05, 3.63) is 29.3 Å². The van der Waals surface area contributed by atoms with Gasteiger partial charge in [-0.3, -0.25) is 4.79 Å². The van der Waals surface area contributed by atoms with Crippen LogP contribution in [0.5, 0.6) is 5.75 Å². The zero-order chi connectivity index (χ0) is 14.0. The predicted molar refractivity (Wildman–Crippen MR) is 73.6 cm³/mol. The van der Waals surface area contributed by atoms with E-state index in [4.69, 9.17) is 4.74 Å². The Morgan fingerprint density at radius 3 is 2.79 bits per heavy atom. The Bertz CT molecular complexity index is 486. The molecule has 1 aromatic carbocycles. The maximum Gasteiger partial charge on any atom is 0.324 e. The second-order valence-electron chi connectivity index (χ2n) is 5.32. The van der Waals surface area contributed by atoms with Crippen LogP contribution in [0, 0.1) is 13.8 Å². The summed E-state index contributed by atoms with van der Waals surface area (Å²) in [5.41, 5.74) is 1.48. The lowest BCUT2D eigenvalue weighted by molar-refractivity contribution is -0.144. The molecule has 0 spiro atoms. The lowest BCUT2D eigenvalue weighted by atomic mass is 9.98. The number of rotatable bonds is 4. The lowest BCUT2D eigenvalue weighted by Crippen LogP contribution is -2.48. The van der Waals surface area contributed by atoms with Gasteiger partial charge in [-0.25, -0.2) is 0 Å².